The zero-order valence-electron chi connectivity index (χ0n) is 19.9. The zero-order chi connectivity index (χ0) is 23.8. The summed E-state index contributed by atoms with van der Waals surface area (Å²) in [5, 5.41) is 5.24. The van der Waals surface area contributed by atoms with Gasteiger partial charge in [-0.2, -0.15) is 0 Å². The van der Waals surface area contributed by atoms with Crippen LogP contribution in [0.3, 0.4) is 0 Å². The molecule has 0 radical (unpaired) electrons. The van der Waals surface area contributed by atoms with Gasteiger partial charge in [0.05, 0.1) is 0 Å². The summed E-state index contributed by atoms with van der Waals surface area (Å²) in [6.07, 6.45) is 6.09. The first kappa shape index (κ1) is 23.8. The van der Waals surface area contributed by atoms with Crippen LogP contribution in [0.25, 0.3) is 10.8 Å². The third-order valence-electron chi connectivity index (χ3n) is 6.63. The fourth-order valence-corrected chi connectivity index (χ4v) is 4.79. The van der Waals surface area contributed by atoms with Crippen LogP contribution in [0.1, 0.15) is 51.0 Å². The van der Waals surface area contributed by atoms with E-state index in [4.69, 9.17) is 4.74 Å². The van der Waals surface area contributed by atoms with E-state index < -0.39 is 6.04 Å². The van der Waals surface area contributed by atoms with Crippen LogP contribution in [0.15, 0.2) is 72.8 Å². The predicted molar refractivity (Wildman–Crippen MR) is 136 cm³/mol. The van der Waals surface area contributed by atoms with Gasteiger partial charge >= 0.3 is 0 Å². The topological polar surface area (TPSA) is 58.6 Å². The average Bonchev–Trinajstić information content (AvgIpc) is 2.88. The first-order chi connectivity index (χ1) is 16.7. The van der Waals surface area contributed by atoms with Gasteiger partial charge in [-0.15, -0.1) is 0 Å². The molecule has 1 atom stereocenters. The Balaban J connectivity index is 1.51. The third kappa shape index (κ3) is 5.96. The van der Waals surface area contributed by atoms with E-state index in [1.807, 2.05) is 79.7 Å². The van der Waals surface area contributed by atoms with E-state index in [0.717, 1.165) is 42.0 Å². The Labute approximate surface area is 202 Å². The maximum absolute atomic E-state index is 13.5. The van der Waals surface area contributed by atoms with Gasteiger partial charge in [-0.05, 0) is 36.3 Å². The van der Waals surface area contributed by atoms with Crippen molar-refractivity contribution in [3.63, 3.8) is 0 Å². The van der Waals surface area contributed by atoms with Crippen molar-refractivity contribution in [1.82, 2.24) is 10.2 Å². The predicted octanol–water partition coefficient (Wildman–Crippen LogP) is 5.47. The van der Waals surface area contributed by atoms with E-state index >= 15 is 0 Å². The Hall–Kier alpha value is -3.34. The van der Waals surface area contributed by atoms with E-state index in [1.165, 1.54) is 6.42 Å². The minimum absolute atomic E-state index is 0.0659. The van der Waals surface area contributed by atoms with Crippen LogP contribution in [-0.4, -0.2) is 35.4 Å². The van der Waals surface area contributed by atoms with Crippen LogP contribution in [0.2, 0.25) is 0 Å². The summed E-state index contributed by atoms with van der Waals surface area (Å²) in [4.78, 5) is 28.4. The SMILES string of the molecule is CC[C@H](C(=O)NC1CCCCC1)N(Cc1ccccc1)C(=O)COc1cccc2ccccc12. The normalized spacial score (nSPS) is 15.0. The van der Waals surface area contributed by atoms with Crippen molar-refractivity contribution in [2.75, 3.05) is 6.61 Å². The maximum Gasteiger partial charge on any atom is 0.261 e. The molecule has 4 rings (SSSR count). The molecule has 5 heteroatoms. The van der Waals surface area contributed by atoms with Crippen molar-refractivity contribution in [2.45, 2.75) is 64.1 Å². The fourth-order valence-electron chi connectivity index (χ4n) is 4.79. The molecule has 1 saturated carbocycles. The molecule has 1 aliphatic carbocycles. The number of carbonyl (C=O) groups is 2. The van der Waals surface area contributed by atoms with Gasteiger partial charge in [0.2, 0.25) is 5.91 Å². The number of rotatable bonds is 9. The molecule has 5 nitrogen and oxygen atoms in total. The lowest BCUT2D eigenvalue weighted by Crippen LogP contribution is -2.52. The van der Waals surface area contributed by atoms with Gasteiger partial charge in [0.1, 0.15) is 11.8 Å². The Kier molecular flexibility index (Phi) is 8.18. The number of amides is 2. The van der Waals surface area contributed by atoms with E-state index in [1.54, 1.807) is 4.90 Å². The molecule has 0 aliphatic heterocycles. The first-order valence-corrected chi connectivity index (χ1v) is 12.4. The summed E-state index contributed by atoms with van der Waals surface area (Å²) in [6.45, 7) is 2.21. The monoisotopic (exact) mass is 458 g/mol. The molecular formula is C29H34N2O3. The van der Waals surface area contributed by atoms with Gasteiger partial charge in [0.15, 0.2) is 6.61 Å². The molecule has 3 aromatic rings. The molecule has 178 valence electrons. The van der Waals surface area contributed by atoms with E-state index in [-0.39, 0.29) is 24.5 Å². The van der Waals surface area contributed by atoms with Crippen LogP contribution in [-0.2, 0) is 16.1 Å². The van der Waals surface area contributed by atoms with Crippen molar-refractivity contribution in [3.05, 3.63) is 78.4 Å². The molecule has 1 fully saturated rings. The number of hydrogen-bond donors (Lipinski definition) is 1. The number of carbonyl (C=O) groups excluding carboxylic acids is 2. The largest absolute Gasteiger partial charge is 0.483 e. The first-order valence-electron chi connectivity index (χ1n) is 12.4. The highest BCUT2D eigenvalue weighted by Gasteiger charge is 2.30. The highest BCUT2D eigenvalue weighted by Crippen LogP contribution is 2.25. The van der Waals surface area contributed by atoms with Crippen LogP contribution >= 0.6 is 0 Å². The molecule has 0 aromatic heterocycles. The second-order valence-electron chi connectivity index (χ2n) is 9.04. The van der Waals surface area contributed by atoms with Crippen LogP contribution in [0.4, 0.5) is 0 Å². The number of nitrogens with zero attached hydrogens (tertiary/aromatic N) is 1. The molecule has 34 heavy (non-hydrogen) atoms. The average molecular weight is 459 g/mol. The summed E-state index contributed by atoms with van der Waals surface area (Å²) >= 11 is 0. The number of nitrogens with one attached hydrogen (secondary N) is 1. The van der Waals surface area contributed by atoms with Crippen LogP contribution in [0, 0.1) is 0 Å². The molecule has 1 aliphatic rings. The van der Waals surface area contributed by atoms with Crippen molar-refractivity contribution in [2.24, 2.45) is 0 Å². The smallest absolute Gasteiger partial charge is 0.261 e. The second kappa shape index (κ2) is 11.7. The van der Waals surface area contributed by atoms with E-state index in [2.05, 4.69) is 5.32 Å². The molecule has 0 saturated heterocycles. The number of fused-ring (bicyclic) bond motifs is 1. The van der Waals surface area contributed by atoms with Crippen molar-refractivity contribution < 1.29 is 14.3 Å². The Bertz CT molecular complexity index is 1090. The van der Waals surface area contributed by atoms with E-state index in [9.17, 15) is 9.59 Å². The van der Waals surface area contributed by atoms with Crippen LogP contribution < -0.4 is 10.1 Å². The zero-order valence-corrected chi connectivity index (χ0v) is 19.9. The summed E-state index contributed by atoms with van der Waals surface area (Å²) in [6, 6.07) is 23.3. The van der Waals surface area contributed by atoms with Crippen LogP contribution in [0.5, 0.6) is 5.75 Å². The lowest BCUT2D eigenvalue weighted by atomic mass is 9.95. The lowest BCUT2D eigenvalue weighted by Gasteiger charge is -2.32. The third-order valence-corrected chi connectivity index (χ3v) is 6.63. The fraction of sp³-hybridized carbons (Fsp3) is 0.379. The minimum atomic E-state index is -0.536. The quantitative estimate of drug-likeness (QED) is 0.462. The summed E-state index contributed by atoms with van der Waals surface area (Å²) in [5.74, 6) is 0.414. The van der Waals surface area contributed by atoms with Gasteiger partial charge in [0, 0.05) is 18.0 Å². The summed E-state index contributed by atoms with van der Waals surface area (Å²) in [7, 11) is 0. The molecule has 0 heterocycles. The lowest BCUT2D eigenvalue weighted by molar-refractivity contribution is -0.143. The molecular weight excluding hydrogens is 424 g/mol. The van der Waals surface area contributed by atoms with Gasteiger partial charge < -0.3 is 15.0 Å². The molecule has 3 aromatic carbocycles. The molecule has 0 unspecified atom stereocenters. The number of hydrogen-bond acceptors (Lipinski definition) is 3. The van der Waals surface area contributed by atoms with Crippen molar-refractivity contribution >= 4 is 22.6 Å². The maximum atomic E-state index is 13.5. The standard InChI is InChI=1S/C29H34N2O3/c1-2-26(29(33)30-24-16-7-4-8-17-24)31(20-22-12-5-3-6-13-22)28(32)21-34-27-19-11-15-23-14-9-10-18-25(23)27/h3,5-6,9-15,18-19,24,26H,2,4,7-8,16-17,20-21H2,1H3,(H,30,33)/t26-/m1/s1. The van der Waals surface area contributed by atoms with E-state index in [0.29, 0.717) is 18.7 Å². The highest BCUT2D eigenvalue weighted by molar-refractivity contribution is 5.90. The number of benzene rings is 3. The van der Waals surface area contributed by atoms with Gasteiger partial charge in [-0.3, -0.25) is 9.59 Å². The molecule has 1 N–H and O–H groups in total. The second-order valence-corrected chi connectivity index (χ2v) is 9.04. The van der Waals surface area contributed by atoms with Gasteiger partial charge in [0.25, 0.3) is 5.91 Å². The van der Waals surface area contributed by atoms with Crippen molar-refractivity contribution in [3.8, 4) is 5.75 Å². The minimum Gasteiger partial charge on any atom is -0.483 e. The Morgan fingerprint density at radius 1 is 0.941 bits per heavy atom. The van der Waals surface area contributed by atoms with Gasteiger partial charge in [-0.1, -0.05) is 92.9 Å². The Morgan fingerprint density at radius 3 is 2.41 bits per heavy atom. The summed E-state index contributed by atoms with van der Waals surface area (Å²) < 4.78 is 6.00. The molecule has 0 spiro atoms. The van der Waals surface area contributed by atoms with Gasteiger partial charge in [-0.25, -0.2) is 0 Å². The summed E-state index contributed by atoms with van der Waals surface area (Å²) in [5.41, 5.74) is 0.991. The molecule has 2 amide bonds. The Morgan fingerprint density at radius 2 is 1.65 bits per heavy atom. The highest BCUT2D eigenvalue weighted by atomic mass is 16.5. The van der Waals surface area contributed by atoms with Crippen molar-refractivity contribution in [1.29, 1.82) is 0 Å². The molecule has 0 bridgehead atoms. The number of ether oxygens (including phenoxy) is 1.